The Kier molecular flexibility index (Phi) is 7.30. The second-order valence-corrected chi connectivity index (χ2v) is 7.61. The first-order chi connectivity index (χ1) is 12.8. The first-order valence-electron chi connectivity index (χ1n) is 9.46. The zero-order valence-electron chi connectivity index (χ0n) is 17.2. The van der Waals surface area contributed by atoms with Crippen LogP contribution in [-0.2, 0) is 0 Å². The van der Waals surface area contributed by atoms with Crippen molar-refractivity contribution in [3.63, 3.8) is 0 Å². The quantitative estimate of drug-likeness (QED) is 0.741. The number of benzene rings is 1. The van der Waals surface area contributed by atoms with E-state index in [1.807, 2.05) is 19.0 Å². The fourth-order valence-electron chi connectivity index (χ4n) is 2.83. The smallest absolute Gasteiger partial charge is 0.271 e. The van der Waals surface area contributed by atoms with Gasteiger partial charge in [0.25, 0.3) is 5.91 Å². The van der Waals surface area contributed by atoms with E-state index in [0.29, 0.717) is 29.9 Å². The highest BCUT2D eigenvalue weighted by molar-refractivity contribution is 5.92. The van der Waals surface area contributed by atoms with E-state index in [4.69, 9.17) is 0 Å². The van der Waals surface area contributed by atoms with Crippen LogP contribution in [0.25, 0.3) is 0 Å². The second kappa shape index (κ2) is 9.46. The number of aromatic nitrogens is 2. The fraction of sp³-hybridized carbons (Fsp3) is 0.476. The number of nitrogens with one attached hydrogen (secondary N) is 2. The Morgan fingerprint density at radius 3 is 2.11 bits per heavy atom. The molecule has 0 saturated heterocycles. The van der Waals surface area contributed by atoms with Gasteiger partial charge in [0.05, 0.1) is 0 Å². The van der Waals surface area contributed by atoms with Gasteiger partial charge in [0.15, 0.2) is 11.5 Å². The van der Waals surface area contributed by atoms with Gasteiger partial charge in [0.2, 0.25) is 0 Å². The van der Waals surface area contributed by atoms with Gasteiger partial charge in [-0.3, -0.25) is 4.79 Å². The number of anilines is 2. The Bertz CT molecular complexity index is 727. The van der Waals surface area contributed by atoms with Crippen LogP contribution in [-0.4, -0.2) is 48.2 Å². The zero-order valence-corrected chi connectivity index (χ0v) is 17.2. The van der Waals surface area contributed by atoms with E-state index in [9.17, 15) is 4.79 Å². The lowest BCUT2D eigenvalue weighted by Gasteiger charge is -2.20. The molecule has 0 atom stereocenters. The van der Waals surface area contributed by atoms with Gasteiger partial charge >= 0.3 is 0 Å². The molecule has 0 aliphatic rings. The van der Waals surface area contributed by atoms with E-state index in [0.717, 1.165) is 12.2 Å². The fourth-order valence-corrected chi connectivity index (χ4v) is 2.83. The SMILES string of the molecule is CC(C)c1cccc(C(C)C)c1Nc1ccc(C(=O)NCCN(C)C)nn1. The number of likely N-dealkylation sites (N-methyl/N-ethyl adjacent to an activating group) is 1. The van der Waals surface area contributed by atoms with Crippen LogP contribution in [0.15, 0.2) is 30.3 Å². The molecule has 0 radical (unpaired) electrons. The van der Waals surface area contributed by atoms with Crippen LogP contribution in [0.5, 0.6) is 0 Å². The molecule has 27 heavy (non-hydrogen) atoms. The molecule has 1 aromatic carbocycles. The number of para-hydroxylation sites is 1. The van der Waals surface area contributed by atoms with Gasteiger partial charge in [-0.2, -0.15) is 0 Å². The molecule has 0 aliphatic heterocycles. The van der Waals surface area contributed by atoms with Crippen molar-refractivity contribution in [2.75, 3.05) is 32.5 Å². The van der Waals surface area contributed by atoms with Gasteiger partial charge in [0, 0.05) is 18.8 Å². The lowest BCUT2D eigenvalue weighted by atomic mass is 9.92. The average Bonchev–Trinajstić information content (AvgIpc) is 2.61. The minimum Gasteiger partial charge on any atom is -0.349 e. The van der Waals surface area contributed by atoms with Crippen LogP contribution < -0.4 is 10.6 Å². The van der Waals surface area contributed by atoms with Gasteiger partial charge < -0.3 is 15.5 Å². The highest BCUT2D eigenvalue weighted by atomic mass is 16.1. The molecule has 2 N–H and O–H groups in total. The summed E-state index contributed by atoms with van der Waals surface area (Å²) in [6.07, 6.45) is 0. The molecular weight excluding hydrogens is 338 g/mol. The molecule has 0 bridgehead atoms. The van der Waals surface area contributed by atoms with E-state index < -0.39 is 0 Å². The van der Waals surface area contributed by atoms with Crippen LogP contribution in [0, 0.1) is 0 Å². The number of carbonyl (C=O) groups is 1. The van der Waals surface area contributed by atoms with Crippen LogP contribution >= 0.6 is 0 Å². The number of nitrogens with zero attached hydrogens (tertiary/aromatic N) is 3. The Balaban J connectivity index is 2.16. The first kappa shape index (κ1) is 20.8. The van der Waals surface area contributed by atoms with Gasteiger partial charge in [0.1, 0.15) is 0 Å². The third kappa shape index (κ3) is 5.76. The van der Waals surface area contributed by atoms with Crippen molar-refractivity contribution in [2.24, 2.45) is 0 Å². The van der Waals surface area contributed by atoms with Gasteiger partial charge in [-0.05, 0) is 49.2 Å². The van der Waals surface area contributed by atoms with Crippen LogP contribution in [0.3, 0.4) is 0 Å². The molecule has 0 saturated carbocycles. The predicted octanol–water partition coefficient (Wildman–Crippen LogP) is 3.76. The summed E-state index contributed by atoms with van der Waals surface area (Å²) in [5, 5.41) is 14.6. The third-order valence-electron chi connectivity index (χ3n) is 4.37. The summed E-state index contributed by atoms with van der Waals surface area (Å²) in [5.41, 5.74) is 3.89. The van der Waals surface area contributed by atoms with Gasteiger partial charge in [-0.15, -0.1) is 10.2 Å². The Labute approximate surface area is 162 Å². The first-order valence-corrected chi connectivity index (χ1v) is 9.46. The molecule has 0 fully saturated rings. The monoisotopic (exact) mass is 369 g/mol. The maximum absolute atomic E-state index is 12.1. The van der Waals surface area contributed by atoms with Crippen molar-refractivity contribution < 1.29 is 4.79 Å². The summed E-state index contributed by atoms with van der Waals surface area (Å²) >= 11 is 0. The number of hydrogen-bond acceptors (Lipinski definition) is 5. The molecule has 1 heterocycles. The predicted molar refractivity (Wildman–Crippen MR) is 111 cm³/mol. The van der Waals surface area contributed by atoms with E-state index in [1.165, 1.54) is 11.1 Å². The number of rotatable bonds is 8. The summed E-state index contributed by atoms with van der Waals surface area (Å²) < 4.78 is 0. The molecule has 0 unspecified atom stereocenters. The topological polar surface area (TPSA) is 70.2 Å². The molecule has 146 valence electrons. The van der Waals surface area contributed by atoms with Crippen molar-refractivity contribution in [2.45, 2.75) is 39.5 Å². The summed E-state index contributed by atoms with van der Waals surface area (Å²) in [6, 6.07) is 9.88. The maximum atomic E-state index is 12.1. The Morgan fingerprint density at radius 1 is 1.00 bits per heavy atom. The molecule has 2 rings (SSSR count). The Hall–Kier alpha value is -2.47. The standard InChI is InChI=1S/C21H31N5O/c1-14(2)16-8-7-9-17(15(3)4)20(16)23-19-11-10-18(24-25-19)21(27)22-12-13-26(5)6/h7-11,14-15H,12-13H2,1-6H3,(H,22,27)(H,23,25). The largest absolute Gasteiger partial charge is 0.349 e. The van der Waals surface area contributed by atoms with Crippen molar-refractivity contribution in [3.8, 4) is 0 Å². The number of amides is 1. The summed E-state index contributed by atoms with van der Waals surface area (Å²) in [7, 11) is 3.93. The highest BCUT2D eigenvalue weighted by Crippen LogP contribution is 2.33. The molecule has 6 nitrogen and oxygen atoms in total. The lowest BCUT2D eigenvalue weighted by Crippen LogP contribution is -2.31. The van der Waals surface area contributed by atoms with Gasteiger partial charge in [-0.25, -0.2) is 0 Å². The second-order valence-electron chi connectivity index (χ2n) is 7.61. The van der Waals surface area contributed by atoms with Crippen LogP contribution in [0.2, 0.25) is 0 Å². The molecule has 1 aromatic heterocycles. The van der Waals surface area contributed by atoms with Crippen LogP contribution in [0.1, 0.15) is 61.1 Å². The minimum absolute atomic E-state index is 0.207. The molecule has 1 amide bonds. The van der Waals surface area contributed by atoms with Crippen molar-refractivity contribution in [1.29, 1.82) is 0 Å². The normalized spacial score (nSPS) is 11.3. The minimum atomic E-state index is -0.207. The van der Waals surface area contributed by atoms with Gasteiger partial charge in [-0.1, -0.05) is 45.9 Å². The third-order valence-corrected chi connectivity index (χ3v) is 4.37. The number of carbonyl (C=O) groups excluding carboxylic acids is 1. The maximum Gasteiger partial charge on any atom is 0.271 e. The highest BCUT2D eigenvalue weighted by Gasteiger charge is 2.15. The number of hydrogen-bond donors (Lipinski definition) is 2. The zero-order chi connectivity index (χ0) is 20.0. The van der Waals surface area contributed by atoms with Crippen molar-refractivity contribution in [1.82, 2.24) is 20.4 Å². The van der Waals surface area contributed by atoms with E-state index in [1.54, 1.807) is 12.1 Å². The van der Waals surface area contributed by atoms with Crippen molar-refractivity contribution in [3.05, 3.63) is 47.2 Å². The van der Waals surface area contributed by atoms with E-state index in [-0.39, 0.29) is 5.91 Å². The average molecular weight is 370 g/mol. The molecule has 0 spiro atoms. The van der Waals surface area contributed by atoms with E-state index in [2.05, 4.69) is 66.7 Å². The summed E-state index contributed by atoms with van der Waals surface area (Å²) in [5.74, 6) is 1.21. The summed E-state index contributed by atoms with van der Waals surface area (Å²) in [6.45, 7) is 10.1. The van der Waals surface area contributed by atoms with Crippen LogP contribution in [0.4, 0.5) is 11.5 Å². The lowest BCUT2D eigenvalue weighted by molar-refractivity contribution is 0.0945. The molecule has 6 heteroatoms. The Morgan fingerprint density at radius 2 is 1.63 bits per heavy atom. The molecule has 2 aromatic rings. The van der Waals surface area contributed by atoms with Crippen molar-refractivity contribution >= 4 is 17.4 Å². The van der Waals surface area contributed by atoms with E-state index >= 15 is 0 Å². The molecular formula is C21H31N5O. The summed E-state index contributed by atoms with van der Waals surface area (Å²) in [4.78, 5) is 14.1. The molecule has 0 aliphatic carbocycles.